The predicted octanol–water partition coefficient (Wildman–Crippen LogP) is 6.80. The van der Waals surface area contributed by atoms with Gasteiger partial charge in [0.15, 0.2) is 5.78 Å². The van der Waals surface area contributed by atoms with Gasteiger partial charge in [-0.2, -0.15) is 0 Å². The first-order valence-corrected chi connectivity index (χ1v) is 11.9. The minimum Gasteiger partial charge on any atom is -0.544 e. The summed E-state index contributed by atoms with van der Waals surface area (Å²) >= 11 is 11.9. The molecule has 0 saturated heterocycles. The van der Waals surface area contributed by atoms with Crippen LogP contribution >= 0.6 is 23.2 Å². The molecule has 0 radical (unpaired) electrons. The maximum atomic E-state index is 12.5. The van der Waals surface area contributed by atoms with Crippen LogP contribution in [-0.2, 0) is 6.42 Å². The van der Waals surface area contributed by atoms with Gasteiger partial charge in [-0.25, -0.2) is 0 Å². The molecule has 0 aliphatic heterocycles. The number of benzene rings is 2. The SMILES string of the molecule is CC(C)(C)[Si](C)(C)Oc1ccc(C(=O)Cc2ccc(Cl)c(Cl)c2)cc1. The molecule has 0 spiro atoms. The Balaban J connectivity index is 2.08. The van der Waals surface area contributed by atoms with Crippen LogP contribution in [0.25, 0.3) is 0 Å². The molecule has 0 unspecified atom stereocenters. The minimum absolute atomic E-state index is 0.0391. The Morgan fingerprint density at radius 1 is 1.00 bits per heavy atom. The number of carbonyl (C=O) groups is 1. The van der Waals surface area contributed by atoms with Crippen molar-refractivity contribution in [3.05, 3.63) is 63.6 Å². The van der Waals surface area contributed by atoms with Gasteiger partial charge in [0.05, 0.1) is 10.0 Å². The molecule has 134 valence electrons. The second-order valence-corrected chi connectivity index (χ2v) is 13.3. The maximum Gasteiger partial charge on any atom is 0.250 e. The fourth-order valence-corrected chi connectivity index (χ4v) is 3.45. The fourth-order valence-electron chi connectivity index (χ4n) is 2.09. The number of ketones is 1. The average Bonchev–Trinajstić information content (AvgIpc) is 2.50. The molecule has 2 nitrogen and oxygen atoms in total. The van der Waals surface area contributed by atoms with Gasteiger partial charge in [-0.05, 0) is 60.1 Å². The summed E-state index contributed by atoms with van der Waals surface area (Å²) in [5, 5.41) is 1.09. The Labute approximate surface area is 161 Å². The number of hydrogen-bond donors (Lipinski definition) is 0. The molecule has 0 N–H and O–H groups in total. The standard InChI is InChI=1S/C20H24Cl2O2Si/c1-20(2,3)25(4,5)24-16-9-7-15(8-10-16)19(23)13-14-6-11-17(21)18(22)12-14/h6-12H,13H2,1-5H3. The largest absolute Gasteiger partial charge is 0.544 e. The van der Waals surface area contributed by atoms with Crippen molar-refractivity contribution in [1.29, 1.82) is 0 Å². The molecule has 0 aliphatic carbocycles. The minimum atomic E-state index is -1.88. The van der Waals surface area contributed by atoms with Crippen LogP contribution in [0.3, 0.4) is 0 Å². The Morgan fingerprint density at radius 3 is 2.12 bits per heavy atom. The van der Waals surface area contributed by atoms with E-state index in [0.29, 0.717) is 22.0 Å². The van der Waals surface area contributed by atoms with Crippen molar-refractivity contribution in [1.82, 2.24) is 0 Å². The van der Waals surface area contributed by atoms with Crippen LogP contribution in [0.2, 0.25) is 28.2 Å². The van der Waals surface area contributed by atoms with Crippen molar-refractivity contribution in [2.75, 3.05) is 0 Å². The van der Waals surface area contributed by atoms with E-state index in [1.807, 2.05) is 30.3 Å². The van der Waals surface area contributed by atoms with Crippen LogP contribution in [0.5, 0.6) is 5.75 Å². The number of carbonyl (C=O) groups excluding carboxylic acids is 1. The first-order chi connectivity index (χ1) is 11.5. The fraction of sp³-hybridized carbons (Fsp3) is 0.350. The number of rotatable bonds is 5. The highest BCUT2D eigenvalue weighted by Crippen LogP contribution is 2.37. The smallest absolute Gasteiger partial charge is 0.250 e. The molecule has 0 heterocycles. The summed E-state index contributed by atoms with van der Waals surface area (Å²) in [6, 6.07) is 12.7. The molecule has 0 saturated carbocycles. The molecule has 0 fully saturated rings. The highest BCUT2D eigenvalue weighted by Gasteiger charge is 2.38. The van der Waals surface area contributed by atoms with Gasteiger partial charge >= 0.3 is 0 Å². The van der Waals surface area contributed by atoms with Crippen molar-refractivity contribution in [3.63, 3.8) is 0 Å². The van der Waals surface area contributed by atoms with E-state index in [-0.39, 0.29) is 10.8 Å². The quantitative estimate of drug-likeness (QED) is 0.411. The maximum absolute atomic E-state index is 12.5. The first-order valence-electron chi connectivity index (χ1n) is 8.26. The summed E-state index contributed by atoms with van der Waals surface area (Å²) in [4.78, 5) is 12.5. The van der Waals surface area contributed by atoms with E-state index in [2.05, 4.69) is 33.9 Å². The van der Waals surface area contributed by atoms with E-state index in [1.54, 1.807) is 12.1 Å². The number of halogens is 2. The third kappa shape index (κ3) is 5.10. The molecule has 0 aromatic heterocycles. The summed E-state index contributed by atoms with van der Waals surface area (Å²) in [5.74, 6) is 0.856. The molecule has 25 heavy (non-hydrogen) atoms. The van der Waals surface area contributed by atoms with E-state index in [1.165, 1.54) is 0 Å². The summed E-state index contributed by atoms with van der Waals surface area (Å²) in [5.41, 5.74) is 1.51. The average molecular weight is 395 g/mol. The van der Waals surface area contributed by atoms with Crippen molar-refractivity contribution in [3.8, 4) is 5.75 Å². The Bertz CT molecular complexity index is 762. The lowest BCUT2D eigenvalue weighted by atomic mass is 10.0. The van der Waals surface area contributed by atoms with Gasteiger partial charge in [-0.15, -0.1) is 0 Å². The second kappa shape index (κ2) is 7.53. The van der Waals surface area contributed by atoms with Crippen LogP contribution in [0, 0.1) is 0 Å². The molecule has 2 aromatic carbocycles. The van der Waals surface area contributed by atoms with E-state index in [4.69, 9.17) is 27.6 Å². The van der Waals surface area contributed by atoms with E-state index >= 15 is 0 Å². The van der Waals surface area contributed by atoms with Crippen molar-refractivity contribution in [2.24, 2.45) is 0 Å². The summed E-state index contributed by atoms with van der Waals surface area (Å²) < 4.78 is 6.24. The normalized spacial score (nSPS) is 12.1. The van der Waals surface area contributed by atoms with Crippen molar-refractivity contribution >= 4 is 37.3 Å². The second-order valence-electron chi connectivity index (χ2n) is 7.74. The zero-order valence-corrected chi connectivity index (χ0v) is 17.8. The Kier molecular flexibility index (Phi) is 6.03. The monoisotopic (exact) mass is 394 g/mol. The molecular weight excluding hydrogens is 371 g/mol. The lowest BCUT2D eigenvalue weighted by molar-refractivity contribution is 0.0993. The lowest BCUT2D eigenvalue weighted by Crippen LogP contribution is -2.43. The van der Waals surface area contributed by atoms with Crippen molar-refractivity contribution < 1.29 is 9.22 Å². The van der Waals surface area contributed by atoms with Gasteiger partial charge in [-0.1, -0.05) is 50.0 Å². The third-order valence-electron chi connectivity index (χ3n) is 4.70. The highest BCUT2D eigenvalue weighted by atomic mass is 35.5. The van der Waals surface area contributed by atoms with Crippen LogP contribution in [0.1, 0.15) is 36.7 Å². The van der Waals surface area contributed by atoms with Crippen LogP contribution < -0.4 is 4.43 Å². The topological polar surface area (TPSA) is 26.3 Å². The molecule has 2 rings (SSSR count). The van der Waals surface area contributed by atoms with Gasteiger partial charge in [0.1, 0.15) is 5.75 Å². The molecule has 0 amide bonds. The number of hydrogen-bond acceptors (Lipinski definition) is 2. The Hall–Kier alpha value is -1.29. The molecular formula is C20H24Cl2O2Si. The summed E-state index contributed by atoms with van der Waals surface area (Å²) in [7, 11) is -1.88. The van der Waals surface area contributed by atoms with Crippen LogP contribution in [0.15, 0.2) is 42.5 Å². The molecule has 0 bridgehead atoms. The van der Waals surface area contributed by atoms with Crippen molar-refractivity contribution in [2.45, 2.75) is 45.3 Å². The van der Waals surface area contributed by atoms with Gasteiger partial charge in [-0.3, -0.25) is 4.79 Å². The van der Waals surface area contributed by atoms with E-state index < -0.39 is 8.32 Å². The summed E-state index contributed by atoms with van der Waals surface area (Å²) in [6.45, 7) is 11.0. The predicted molar refractivity (Wildman–Crippen MR) is 109 cm³/mol. The highest BCUT2D eigenvalue weighted by molar-refractivity contribution is 6.74. The number of Topliss-reactive ketones (excluding diaryl/α,β-unsaturated/α-hetero) is 1. The molecule has 2 aromatic rings. The zero-order chi connectivity index (χ0) is 18.8. The molecule has 0 aliphatic rings. The zero-order valence-electron chi connectivity index (χ0n) is 15.3. The Morgan fingerprint density at radius 2 is 1.60 bits per heavy atom. The van der Waals surface area contributed by atoms with Gasteiger partial charge in [0, 0.05) is 12.0 Å². The van der Waals surface area contributed by atoms with E-state index in [0.717, 1.165) is 11.3 Å². The van der Waals surface area contributed by atoms with Gasteiger partial charge < -0.3 is 4.43 Å². The van der Waals surface area contributed by atoms with E-state index in [9.17, 15) is 4.79 Å². The molecule has 0 atom stereocenters. The lowest BCUT2D eigenvalue weighted by Gasteiger charge is -2.36. The van der Waals surface area contributed by atoms with Crippen LogP contribution in [-0.4, -0.2) is 14.1 Å². The third-order valence-corrected chi connectivity index (χ3v) is 9.80. The molecule has 5 heteroatoms. The van der Waals surface area contributed by atoms with Crippen LogP contribution in [0.4, 0.5) is 0 Å². The van der Waals surface area contributed by atoms with Gasteiger partial charge in [0.2, 0.25) is 8.32 Å². The first kappa shape index (κ1) is 20.0. The van der Waals surface area contributed by atoms with Gasteiger partial charge in [0.25, 0.3) is 0 Å². The summed E-state index contributed by atoms with van der Waals surface area (Å²) in [6.07, 6.45) is 0.291.